The van der Waals surface area contributed by atoms with Crippen molar-refractivity contribution in [2.45, 2.75) is 32.6 Å². The number of rotatable bonds is 5. The lowest BCUT2D eigenvalue weighted by atomic mass is 9.83. The van der Waals surface area contributed by atoms with Gasteiger partial charge in [0.05, 0.1) is 5.56 Å². The third kappa shape index (κ3) is 3.73. The summed E-state index contributed by atoms with van der Waals surface area (Å²) in [7, 11) is 0. The fourth-order valence-corrected chi connectivity index (χ4v) is 2.23. The Hall–Kier alpha value is -2.04. The number of hydrogen-bond donors (Lipinski definition) is 3. The third-order valence-corrected chi connectivity index (χ3v) is 3.80. The third-order valence-electron chi connectivity index (χ3n) is 3.80. The van der Waals surface area contributed by atoms with Crippen molar-refractivity contribution < 1.29 is 14.7 Å². The van der Waals surface area contributed by atoms with Crippen LogP contribution in [0.2, 0.25) is 0 Å². The van der Waals surface area contributed by atoms with Crippen molar-refractivity contribution in [3.05, 3.63) is 29.3 Å². The minimum atomic E-state index is -1.00. The molecule has 0 unspecified atom stereocenters. The first-order valence-corrected chi connectivity index (χ1v) is 6.95. The second-order valence-corrected chi connectivity index (χ2v) is 5.30. The van der Waals surface area contributed by atoms with Crippen LogP contribution in [0.5, 0.6) is 0 Å². The number of anilines is 1. The SMILES string of the molecule is Cc1ccc(C(=O)O)cc1NC(=O)NCCC1CCC1. The number of carbonyl (C=O) groups is 2. The molecule has 1 aromatic carbocycles. The molecule has 5 nitrogen and oxygen atoms in total. The van der Waals surface area contributed by atoms with Crippen LogP contribution in [0.3, 0.4) is 0 Å². The highest BCUT2D eigenvalue weighted by molar-refractivity contribution is 5.93. The molecule has 0 aliphatic heterocycles. The van der Waals surface area contributed by atoms with E-state index in [1.54, 1.807) is 6.07 Å². The molecule has 0 saturated heterocycles. The Bertz CT molecular complexity index is 510. The van der Waals surface area contributed by atoms with Crippen molar-refractivity contribution >= 4 is 17.7 Å². The fourth-order valence-electron chi connectivity index (χ4n) is 2.23. The molecule has 1 saturated carbocycles. The Morgan fingerprint density at radius 3 is 2.70 bits per heavy atom. The van der Waals surface area contributed by atoms with E-state index in [4.69, 9.17) is 5.11 Å². The molecule has 1 aliphatic carbocycles. The number of carbonyl (C=O) groups excluding carboxylic acids is 1. The number of amides is 2. The molecule has 108 valence electrons. The Kier molecular flexibility index (Phi) is 4.61. The minimum Gasteiger partial charge on any atom is -0.478 e. The van der Waals surface area contributed by atoms with Crippen molar-refractivity contribution in [2.75, 3.05) is 11.9 Å². The Balaban J connectivity index is 1.86. The van der Waals surface area contributed by atoms with Gasteiger partial charge in [0.25, 0.3) is 0 Å². The maximum absolute atomic E-state index is 11.8. The molecule has 1 aromatic rings. The van der Waals surface area contributed by atoms with Gasteiger partial charge < -0.3 is 15.7 Å². The highest BCUT2D eigenvalue weighted by Gasteiger charge is 2.17. The van der Waals surface area contributed by atoms with Crippen LogP contribution in [0.1, 0.15) is 41.6 Å². The van der Waals surface area contributed by atoms with Crippen LogP contribution in [0, 0.1) is 12.8 Å². The maximum Gasteiger partial charge on any atom is 0.335 e. The molecular formula is C15H20N2O3. The number of aryl methyl sites for hydroxylation is 1. The van der Waals surface area contributed by atoms with E-state index in [-0.39, 0.29) is 11.6 Å². The van der Waals surface area contributed by atoms with E-state index in [0.29, 0.717) is 12.2 Å². The normalized spacial score (nSPS) is 14.4. The molecule has 0 spiro atoms. The summed E-state index contributed by atoms with van der Waals surface area (Å²) in [6, 6.07) is 4.41. The van der Waals surface area contributed by atoms with Gasteiger partial charge in [-0.05, 0) is 37.0 Å². The van der Waals surface area contributed by atoms with E-state index < -0.39 is 5.97 Å². The van der Waals surface area contributed by atoms with Gasteiger partial charge in [0.15, 0.2) is 0 Å². The summed E-state index contributed by atoms with van der Waals surface area (Å²) in [6.45, 7) is 2.49. The lowest BCUT2D eigenvalue weighted by Gasteiger charge is -2.25. The maximum atomic E-state index is 11.8. The van der Waals surface area contributed by atoms with Gasteiger partial charge in [0.2, 0.25) is 0 Å². The van der Waals surface area contributed by atoms with E-state index in [1.165, 1.54) is 31.4 Å². The van der Waals surface area contributed by atoms with Crippen molar-refractivity contribution in [1.82, 2.24) is 5.32 Å². The van der Waals surface area contributed by atoms with E-state index in [1.807, 2.05) is 6.92 Å². The Labute approximate surface area is 118 Å². The van der Waals surface area contributed by atoms with Gasteiger partial charge in [-0.25, -0.2) is 9.59 Å². The predicted octanol–water partition coefficient (Wildman–Crippen LogP) is 3.00. The summed E-state index contributed by atoms with van der Waals surface area (Å²) in [5.41, 5.74) is 1.54. The molecule has 0 aromatic heterocycles. The molecule has 20 heavy (non-hydrogen) atoms. The molecule has 3 N–H and O–H groups in total. The zero-order valence-electron chi connectivity index (χ0n) is 11.6. The van der Waals surface area contributed by atoms with Gasteiger partial charge in [-0.15, -0.1) is 0 Å². The molecule has 0 heterocycles. The highest BCUT2D eigenvalue weighted by Crippen LogP contribution is 2.28. The second kappa shape index (κ2) is 6.41. The Morgan fingerprint density at radius 1 is 1.35 bits per heavy atom. The quantitative estimate of drug-likeness (QED) is 0.773. The number of aromatic carboxylic acids is 1. The van der Waals surface area contributed by atoms with Crippen molar-refractivity contribution in [1.29, 1.82) is 0 Å². The van der Waals surface area contributed by atoms with Gasteiger partial charge in [0, 0.05) is 12.2 Å². The van der Waals surface area contributed by atoms with E-state index in [9.17, 15) is 9.59 Å². The molecule has 1 aliphatic rings. The number of urea groups is 1. The van der Waals surface area contributed by atoms with Gasteiger partial charge in [-0.2, -0.15) is 0 Å². The molecule has 0 atom stereocenters. The molecule has 5 heteroatoms. The van der Waals surface area contributed by atoms with Crippen LogP contribution in [-0.4, -0.2) is 23.7 Å². The van der Waals surface area contributed by atoms with Crippen LogP contribution in [-0.2, 0) is 0 Å². The van der Waals surface area contributed by atoms with Crippen LogP contribution in [0.15, 0.2) is 18.2 Å². The number of hydrogen-bond acceptors (Lipinski definition) is 2. The summed E-state index contributed by atoms with van der Waals surface area (Å²) in [5, 5.41) is 14.5. The molecular weight excluding hydrogens is 256 g/mol. The van der Waals surface area contributed by atoms with Crippen LogP contribution in [0.4, 0.5) is 10.5 Å². The summed E-state index contributed by atoms with van der Waals surface area (Å²) in [6.07, 6.45) is 4.85. The standard InChI is InChI=1S/C15H20N2O3/c1-10-5-6-12(14(18)19)9-13(10)17-15(20)16-8-7-11-3-2-4-11/h5-6,9,11H,2-4,7-8H2,1H3,(H,18,19)(H2,16,17,20). The van der Waals surface area contributed by atoms with Crippen molar-refractivity contribution in [3.8, 4) is 0 Å². The smallest absolute Gasteiger partial charge is 0.335 e. The second-order valence-electron chi connectivity index (χ2n) is 5.30. The van der Waals surface area contributed by atoms with Crippen LogP contribution >= 0.6 is 0 Å². The number of nitrogens with one attached hydrogen (secondary N) is 2. The first-order valence-electron chi connectivity index (χ1n) is 6.95. The zero-order valence-corrected chi connectivity index (χ0v) is 11.6. The largest absolute Gasteiger partial charge is 0.478 e. The molecule has 1 fully saturated rings. The topological polar surface area (TPSA) is 78.4 Å². The molecule has 2 rings (SSSR count). The van der Waals surface area contributed by atoms with Gasteiger partial charge in [-0.1, -0.05) is 25.3 Å². The predicted molar refractivity (Wildman–Crippen MR) is 77.1 cm³/mol. The summed E-state index contributed by atoms with van der Waals surface area (Å²) >= 11 is 0. The number of carboxylic acid groups (broad SMARTS) is 1. The van der Waals surface area contributed by atoms with Gasteiger partial charge in [-0.3, -0.25) is 0 Å². The number of benzene rings is 1. The van der Waals surface area contributed by atoms with Gasteiger partial charge in [0.1, 0.15) is 0 Å². The van der Waals surface area contributed by atoms with Gasteiger partial charge >= 0.3 is 12.0 Å². The zero-order chi connectivity index (χ0) is 14.5. The minimum absolute atomic E-state index is 0.167. The molecule has 0 radical (unpaired) electrons. The lowest BCUT2D eigenvalue weighted by molar-refractivity contribution is 0.0697. The van der Waals surface area contributed by atoms with Crippen LogP contribution in [0.25, 0.3) is 0 Å². The average Bonchev–Trinajstić information content (AvgIpc) is 2.34. The lowest BCUT2D eigenvalue weighted by Crippen LogP contribution is -2.31. The van der Waals surface area contributed by atoms with Crippen molar-refractivity contribution in [2.24, 2.45) is 5.92 Å². The Morgan fingerprint density at radius 2 is 2.10 bits per heavy atom. The molecule has 2 amide bonds. The van der Waals surface area contributed by atoms with E-state index in [2.05, 4.69) is 10.6 Å². The van der Waals surface area contributed by atoms with E-state index >= 15 is 0 Å². The first kappa shape index (κ1) is 14.4. The summed E-state index contributed by atoms with van der Waals surface area (Å²) < 4.78 is 0. The summed E-state index contributed by atoms with van der Waals surface area (Å²) in [5.74, 6) is -0.245. The van der Waals surface area contributed by atoms with E-state index in [0.717, 1.165) is 17.9 Å². The highest BCUT2D eigenvalue weighted by atomic mass is 16.4. The summed E-state index contributed by atoms with van der Waals surface area (Å²) in [4.78, 5) is 22.7. The van der Waals surface area contributed by atoms with Crippen molar-refractivity contribution in [3.63, 3.8) is 0 Å². The monoisotopic (exact) mass is 276 g/mol. The first-order chi connectivity index (χ1) is 9.56. The number of carboxylic acids is 1. The average molecular weight is 276 g/mol. The molecule has 0 bridgehead atoms. The fraction of sp³-hybridized carbons (Fsp3) is 0.467. The van der Waals surface area contributed by atoms with Crippen LogP contribution < -0.4 is 10.6 Å².